The fourth-order valence-corrected chi connectivity index (χ4v) is 3.39. The van der Waals surface area contributed by atoms with E-state index in [2.05, 4.69) is 48.3 Å². The molecule has 2 fully saturated rings. The zero-order valence-electron chi connectivity index (χ0n) is 13.6. The molecule has 21 heavy (non-hydrogen) atoms. The van der Waals surface area contributed by atoms with Crippen LogP contribution in [0.15, 0.2) is 24.3 Å². The maximum absolute atomic E-state index is 3.64. The lowest BCUT2D eigenvalue weighted by Gasteiger charge is -2.35. The highest BCUT2D eigenvalue weighted by Crippen LogP contribution is 2.24. The molecule has 2 unspecified atom stereocenters. The van der Waals surface area contributed by atoms with Crippen molar-refractivity contribution in [2.24, 2.45) is 11.8 Å². The molecule has 2 nitrogen and oxygen atoms in total. The molecule has 0 aromatic heterocycles. The lowest BCUT2D eigenvalue weighted by molar-refractivity contribution is 0.132. The van der Waals surface area contributed by atoms with Crippen molar-refractivity contribution in [3.05, 3.63) is 35.4 Å². The van der Waals surface area contributed by atoms with Crippen LogP contribution in [0, 0.1) is 11.8 Å². The highest BCUT2D eigenvalue weighted by molar-refractivity contribution is 5.27. The molecule has 3 rings (SSSR count). The Labute approximate surface area is 129 Å². The van der Waals surface area contributed by atoms with Crippen LogP contribution in [0.2, 0.25) is 0 Å². The second-order valence-electron chi connectivity index (χ2n) is 7.23. The molecule has 1 aliphatic carbocycles. The average molecular weight is 286 g/mol. The van der Waals surface area contributed by atoms with Crippen molar-refractivity contribution in [2.45, 2.75) is 52.1 Å². The number of nitrogens with zero attached hydrogens (tertiary/aromatic N) is 1. The summed E-state index contributed by atoms with van der Waals surface area (Å²) in [5, 5.41) is 3.64. The van der Waals surface area contributed by atoms with Gasteiger partial charge in [0.2, 0.25) is 0 Å². The van der Waals surface area contributed by atoms with E-state index < -0.39 is 0 Å². The zero-order chi connectivity index (χ0) is 14.7. The Hall–Kier alpha value is -0.860. The predicted molar refractivity (Wildman–Crippen MR) is 89.4 cm³/mol. The summed E-state index contributed by atoms with van der Waals surface area (Å²) < 4.78 is 0. The lowest BCUT2D eigenvalue weighted by atomic mass is 9.88. The first-order chi connectivity index (χ1) is 10.2. The van der Waals surface area contributed by atoms with E-state index in [1.54, 1.807) is 0 Å². The smallest absolute Gasteiger partial charge is 0.0236 e. The first-order valence-electron chi connectivity index (χ1n) is 8.75. The van der Waals surface area contributed by atoms with Gasteiger partial charge in [-0.1, -0.05) is 38.1 Å². The van der Waals surface area contributed by atoms with E-state index in [1.807, 2.05) is 0 Å². The first kappa shape index (κ1) is 15.1. The van der Waals surface area contributed by atoms with Gasteiger partial charge in [0.1, 0.15) is 0 Å². The molecule has 1 aromatic carbocycles. The third kappa shape index (κ3) is 4.31. The molecular weight excluding hydrogens is 256 g/mol. The molecule has 1 heterocycles. The molecular formula is C19H30N2. The van der Waals surface area contributed by atoms with Crippen LogP contribution in [0.3, 0.4) is 0 Å². The number of rotatable bonds is 6. The van der Waals surface area contributed by atoms with Crippen LogP contribution in [-0.2, 0) is 13.0 Å². The van der Waals surface area contributed by atoms with Gasteiger partial charge in [-0.25, -0.2) is 0 Å². The Morgan fingerprint density at radius 3 is 2.52 bits per heavy atom. The molecule has 116 valence electrons. The van der Waals surface area contributed by atoms with Crippen molar-refractivity contribution in [3.63, 3.8) is 0 Å². The Kier molecular flexibility index (Phi) is 4.97. The van der Waals surface area contributed by atoms with Crippen molar-refractivity contribution >= 4 is 0 Å². The molecule has 0 spiro atoms. The van der Waals surface area contributed by atoms with Gasteiger partial charge in [0, 0.05) is 19.1 Å². The maximum Gasteiger partial charge on any atom is 0.0236 e. The summed E-state index contributed by atoms with van der Waals surface area (Å²) in [4.78, 5) is 2.65. The van der Waals surface area contributed by atoms with Crippen LogP contribution in [0.4, 0.5) is 0 Å². The SMILES string of the molecule is CC1CCN(Cc2ccccc2CCNC2CC2)CC1C. The second kappa shape index (κ2) is 6.93. The normalized spacial score (nSPS) is 27.0. The van der Waals surface area contributed by atoms with Gasteiger partial charge < -0.3 is 5.32 Å². The Morgan fingerprint density at radius 1 is 1.05 bits per heavy atom. The minimum Gasteiger partial charge on any atom is -0.314 e. The van der Waals surface area contributed by atoms with Gasteiger partial charge in [-0.15, -0.1) is 0 Å². The van der Waals surface area contributed by atoms with Crippen molar-refractivity contribution in [1.82, 2.24) is 10.2 Å². The van der Waals surface area contributed by atoms with Crippen molar-refractivity contribution in [2.75, 3.05) is 19.6 Å². The van der Waals surface area contributed by atoms with Gasteiger partial charge in [0.25, 0.3) is 0 Å². The number of piperidine rings is 1. The molecule has 1 saturated heterocycles. The highest BCUT2D eigenvalue weighted by atomic mass is 15.1. The first-order valence-corrected chi connectivity index (χ1v) is 8.75. The van der Waals surface area contributed by atoms with Gasteiger partial charge in [-0.05, 0) is 61.7 Å². The summed E-state index contributed by atoms with van der Waals surface area (Å²) >= 11 is 0. The van der Waals surface area contributed by atoms with Crippen molar-refractivity contribution in [3.8, 4) is 0 Å². The third-order valence-corrected chi connectivity index (χ3v) is 5.34. The fraction of sp³-hybridized carbons (Fsp3) is 0.684. The molecule has 1 N–H and O–H groups in total. The quantitative estimate of drug-likeness (QED) is 0.861. The Morgan fingerprint density at radius 2 is 1.81 bits per heavy atom. The number of nitrogens with one attached hydrogen (secondary N) is 1. The van der Waals surface area contributed by atoms with E-state index in [1.165, 1.54) is 49.9 Å². The highest BCUT2D eigenvalue weighted by Gasteiger charge is 2.23. The average Bonchev–Trinajstić information content (AvgIpc) is 3.29. The van der Waals surface area contributed by atoms with E-state index in [0.717, 1.165) is 31.0 Å². The molecule has 0 radical (unpaired) electrons. The summed E-state index contributed by atoms with van der Waals surface area (Å²) in [5.41, 5.74) is 3.08. The zero-order valence-corrected chi connectivity index (χ0v) is 13.6. The lowest BCUT2D eigenvalue weighted by Crippen LogP contribution is -2.38. The van der Waals surface area contributed by atoms with Gasteiger partial charge in [-0.3, -0.25) is 4.90 Å². The molecule has 0 amide bonds. The van der Waals surface area contributed by atoms with Crippen LogP contribution in [0.25, 0.3) is 0 Å². The van der Waals surface area contributed by atoms with Crippen LogP contribution in [-0.4, -0.2) is 30.6 Å². The van der Waals surface area contributed by atoms with Gasteiger partial charge in [0.05, 0.1) is 0 Å². The summed E-state index contributed by atoms with van der Waals surface area (Å²) in [6.07, 6.45) is 5.29. The van der Waals surface area contributed by atoms with E-state index in [9.17, 15) is 0 Å². The maximum atomic E-state index is 3.64. The van der Waals surface area contributed by atoms with Crippen molar-refractivity contribution in [1.29, 1.82) is 0 Å². The second-order valence-corrected chi connectivity index (χ2v) is 7.23. The molecule has 1 saturated carbocycles. The van der Waals surface area contributed by atoms with Gasteiger partial charge in [0.15, 0.2) is 0 Å². The number of benzene rings is 1. The summed E-state index contributed by atoms with van der Waals surface area (Å²) in [5.74, 6) is 1.72. The molecule has 2 atom stereocenters. The van der Waals surface area contributed by atoms with Crippen LogP contribution in [0.1, 0.15) is 44.2 Å². The Balaban J connectivity index is 1.56. The minimum absolute atomic E-state index is 0.821. The number of likely N-dealkylation sites (tertiary alicyclic amines) is 1. The van der Waals surface area contributed by atoms with Crippen LogP contribution in [0.5, 0.6) is 0 Å². The largest absolute Gasteiger partial charge is 0.314 e. The van der Waals surface area contributed by atoms with E-state index in [4.69, 9.17) is 0 Å². The summed E-state index contributed by atoms with van der Waals surface area (Å²) in [7, 11) is 0. The minimum atomic E-state index is 0.821. The summed E-state index contributed by atoms with van der Waals surface area (Å²) in [6, 6.07) is 9.86. The molecule has 2 aliphatic rings. The fourth-order valence-electron chi connectivity index (χ4n) is 3.39. The standard InChI is InChI=1S/C19H30N2/c1-15-10-12-21(13-16(15)2)14-18-6-4-3-5-17(18)9-11-20-19-7-8-19/h3-6,15-16,19-20H,7-14H2,1-2H3. The van der Waals surface area contributed by atoms with Crippen LogP contribution >= 0.6 is 0 Å². The van der Waals surface area contributed by atoms with Crippen LogP contribution < -0.4 is 5.32 Å². The molecule has 1 aliphatic heterocycles. The van der Waals surface area contributed by atoms with E-state index >= 15 is 0 Å². The summed E-state index contributed by atoms with van der Waals surface area (Å²) in [6.45, 7) is 9.60. The van der Waals surface area contributed by atoms with Crippen molar-refractivity contribution < 1.29 is 0 Å². The Bertz CT molecular complexity index is 453. The molecule has 0 bridgehead atoms. The monoisotopic (exact) mass is 286 g/mol. The third-order valence-electron chi connectivity index (χ3n) is 5.34. The number of hydrogen-bond acceptors (Lipinski definition) is 2. The van der Waals surface area contributed by atoms with Gasteiger partial charge >= 0.3 is 0 Å². The topological polar surface area (TPSA) is 15.3 Å². The van der Waals surface area contributed by atoms with E-state index in [-0.39, 0.29) is 0 Å². The predicted octanol–water partition coefficient (Wildman–Crippen LogP) is 3.46. The molecule has 1 aromatic rings. The molecule has 2 heteroatoms. The van der Waals surface area contributed by atoms with Gasteiger partial charge in [-0.2, -0.15) is 0 Å². The van der Waals surface area contributed by atoms with E-state index in [0.29, 0.717) is 0 Å². The number of hydrogen-bond donors (Lipinski definition) is 1.